The number of carbonyl (C=O) groups excluding carboxylic acids is 1. The van der Waals surface area contributed by atoms with Crippen molar-refractivity contribution < 1.29 is 18.8 Å². The van der Waals surface area contributed by atoms with Gasteiger partial charge in [0.2, 0.25) is 0 Å². The lowest BCUT2D eigenvalue weighted by molar-refractivity contribution is -0.917. The summed E-state index contributed by atoms with van der Waals surface area (Å²) in [5, 5.41) is 1.10. The number of H-pyrrole nitrogens is 1. The Morgan fingerprint density at radius 2 is 2.13 bits per heavy atom. The number of esters is 1. The van der Waals surface area contributed by atoms with Gasteiger partial charge in [-0.05, 0) is 12.1 Å². The van der Waals surface area contributed by atoms with Gasteiger partial charge < -0.3 is 18.9 Å². The first-order chi connectivity index (χ1) is 11.2. The summed E-state index contributed by atoms with van der Waals surface area (Å²) in [6, 6.07) is 8.01. The fraction of sp³-hybridized carbons (Fsp3) is 0.389. The van der Waals surface area contributed by atoms with Gasteiger partial charge in [0.15, 0.2) is 0 Å². The molecule has 2 heterocycles. The number of nitrogens with one attached hydrogen (secondary N) is 1. The number of ether oxygens (including phenoxy) is 2. The minimum atomic E-state index is -0.296. The zero-order valence-corrected chi connectivity index (χ0v) is 13.5. The molecule has 0 saturated carbocycles. The van der Waals surface area contributed by atoms with Gasteiger partial charge in [-0.25, -0.2) is 4.79 Å². The van der Waals surface area contributed by atoms with E-state index in [1.165, 1.54) is 6.08 Å². The molecule has 0 amide bonds. The van der Waals surface area contributed by atoms with Gasteiger partial charge in [0.05, 0.1) is 20.3 Å². The molecule has 0 spiro atoms. The van der Waals surface area contributed by atoms with Crippen molar-refractivity contribution in [2.45, 2.75) is 0 Å². The molecule has 1 aliphatic rings. The fourth-order valence-electron chi connectivity index (χ4n) is 2.81. The van der Waals surface area contributed by atoms with Crippen LogP contribution in [0.1, 0.15) is 5.56 Å². The van der Waals surface area contributed by atoms with Crippen LogP contribution in [0.15, 0.2) is 36.5 Å². The van der Waals surface area contributed by atoms with Crippen molar-refractivity contribution in [1.29, 1.82) is 0 Å². The van der Waals surface area contributed by atoms with Crippen molar-refractivity contribution in [1.82, 2.24) is 4.98 Å². The van der Waals surface area contributed by atoms with Crippen LogP contribution >= 0.6 is 0 Å². The lowest BCUT2D eigenvalue weighted by atomic mass is 10.1. The monoisotopic (exact) mass is 315 g/mol. The summed E-state index contributed by atoms with van der Waals surface area (Å²) in [5.74, 6) is -0.296. The highest BCUT2D eigenvalue weighted by Gasteiger charge is 2.25. The number of aromatic nitrogens is 1. The average Bonchev–Trinajstić information content (AvgIpc) is 2.97. The molecule has 0 aliphatic carbocycles. The van der Waals surface area contributed by atoms with E-state index in [9.17, 15) is 4.79 Å². The van der Waals surface area contributed by atoms with Crippen LogP contribution in [0.5, 0.6) is 0 Å². The maximum atomic E-state index is 11.9. The second kappa shape index (κ2) is 6.98. The molecule has 1 aromatic heterocycles. The molecule has 1 fully saturated rings. The number of quaternary nitrogens is 1. The normalized spacial score (nSPS) is 17.6. The quantitative estimate of drug-likeness (QED) is 0.523. The first-order valence-corrected chi connectivity index (χ1v) is 7.99. The van der Waals surface area contributed by atoms with Crippen LogP contribution in [0.4, 0.5) is 0 Å². The second-order valence-corrected chi connectivity index (χ2v) is 6.19. The number of likely N-dealkylation sites (N-methyl/N-ethyl adjacent to an activating group) is 1. The summed E-state index contributed by atoms with van der Waals surface area (Å²) in [7, 11) is 2.18. The minimum Gasteiger partial charge on any atom is -0.457 e. The first kappa shape index (κ1) is 15.8. The molecule has 1 aromatic carbocycles. The van der Waals surface area contributed by atoms with Gasteiger partial charge in [-0.15, -0.1) is 0 Å². The Hall–Kier alpha value is -2.11. The number of benzene rings is 1. The largest absolute Gasteiger partial charge is 0.457 e. The van der Waals surface area contributed by atoms with E-state index in [0.29, 0.717) is 6.61 Å². The summed E-state index contributed by atoms with van der Waals surface area (Å²) in [4.78, 5) is 15.1. The standard InChI is InChI=1S/C18H22N2O3/c1-20(8-11-22-12-9-20)10-13-23-18(21)7-6-15-14-19-17-5-3-2-4-16(15)17/h2-7,14H,8-13H2,1H3/p+1. The molecule has 122 valence electrons. The van der Waals surface area contributed by atoms with Crippen LogP contribution in [-0.4, -0.2) is 61.9 Å². The van der Waals surface area contributed by atoms with Crippen molar-refractivity contribution in [2.75, 3.05) is 46.5 Å². The molecule has 1 saturated heterocycles. The Labute approximate surface area is 136 Å². The van der Waals surface area contributed by atoms with E-state index in [1.54, 1.807) is 6.08 Å². The van der Waals surface area contributed by atoms with Gasteiger partial charge in [-0.2, -0.15) is 0 Å². The average molecular weight is 315 g/mol. The molecule has 0 unspecified atom stereocenters. The van der Waals surface area contributed by atoms with Gasteiger partial charge in [0, 0.05) is 28.7 Å². The van der Waals surface area contributed by atoms with Crippen LogP contribution in [0.3, 0.4) is 0 Å². The molecular weight excluding hydrogens is 292 g/mol. The molecular formula is C18H23N2O3+. The molecule has 1 aliphatic heterocycles. The lowest BCUT2D eigenvalue weighted by Gasteiger charge is -2.37. The number of hydrogen-bond donors (Lipinski definition) is 1. The third-order valence-corrected chi connectivity index (χ3v) is 4.45. The molecule has 5 nitrogen and oxygen atoms in total. The van der Waals surface area contributed by atoms with Crippen LogP contribution in [0, 0.1) is 0 Å². The van der Waals surface area contributed by atoms with E-state index in [0.717, 1.165) is 53.8 Å². The van der Waals surface area contributed by atoms with Crippen LogP contribution in [0.25, 0.3) is 17.0 Å². The van der Waals surface area contributed by atoms with Crippen LogP contribution < -0.4 is 0 Å². The van der Waals surface area contributed by atoms with Crippen molar-refractivity contribution in [3.8, 4) is 0 Å². The Morgan fingerprint density at radius 1 is 1.35 bits per heavy atom. The molecule has 0 atom stereocenters. The fourth-order valence-corrected chi connectivity index (χ4v) is 2.81. The molecule has 23 heavy (non-hydrogen) atoms. The number of aromatic amines is 1. The third kappa shape index (κ3) is 4.00. The van der Waals surface area contributed by atoms with Crippen LogP contribution in [-0.2, 0) is 14.3 Å². The number of fused-ring (bicyclic) bond motifs is 1. The number of morpholine rings is 1. The molecule has 0 radical (unpaired) electrons. The minimum absolute atomic E-state index is 0.296. The summed E-state index contributed by atoms with van der Waals surface area (Å²) in [6.07, 6.45) is 5.19. The molecule has 2 aromatic rings. The second-order valence-electron chi connectivity index (χ2n) is 6.19. The van der Waals surface area contributed by atoms with E-state index in [-0.39, 0.29) is 5.97 Å². The summed E-state index contributed by atoms with van der Waals surface area (Å²) in [6.45, 7) is 4.78. The molecule has 1 N–H and O–H groups in total. The highest BCUT2D eigenvalue weighted by atomic mass is 16.5. The Morgan fingerprint density at radius 3 is 2.96 bits per heavy atom. The zero-order valence-electron chi connectivity index (χ0n) is 13.5. The number of rotatable bonds is 5. The van der Waals surface area contributed by atoms with Crippen molar-refractivity contribution in [2.24, 2.45) is 0 Å². The van der Waals surface area contributed by atoms with E-state index in [4.69, 9.17) is 9.47 Å². The van der Waals surface area contributed by atoms with Gasteiger partial charge in [-0.1, -0.05) is 18.2 Å². The third-order valence-electron chi connectivity index (χ3n) is 4.45. The van der Waals surface area contributed by atoms with Crippen molar-refractivity contribution in [3.05, 3.63) is 42.1 Å². The SMILES string of the molecule is C[N+]1(CCOC(=O)/C=C/c2c[nH]c3ccccc23)CCOCC1. The first-order valence-electron chi connectivity index (χ1n) is 7.99. The van der Waals surface area contributed by atoms with Crippen LogP contribution in [0.2, 0.25) is 0 Å². The van der Waals surface area contributed by atoms with Crippen molar-refractivity contribution >= 4 is 22.9 Å². The number of carbonyl (C=O) groups is 1. The maximum Gasteiger partial charge on any atom is 0.330 e. The summed E-state index contributed by atoms with van der Waals surface area (Å²) >= 11 is 0. The van der Waals surface area contributed by atoms with Gasteiger partial charge in [-0.3, -0.25) is 0 Å². The number of para-hydroxylation sites is 1. The Balaban J connectivity index is 1.51. The Bertz CT molecular complexity index is 699. The predicted molar refractivity (Wildman–Crippen MR) is 89.9 cm³/mol. The summed E-state index contributed by atoms with van der Waals surface area (Å²) < 4.78 is 11.6. The van der Waals surface area contributed by atoms with E-state index >= 15 is 0 Å². The maximum absolute atomic E-state index is 11.9. The number of nitrogens with zero attached hydrogens (tertiary/aromatic N) is 1. The number of hydrogen-bond acceptors (Lipinski definition) is 3. The zero-order chi connectivity index (χ0) is 16.1. The van der Waals surface area contributed by atoms with Gasteiger partial charge in [0.1, 0.15) is 26.2 Å². The highest BCUT2D eigenvalue weighted by molar-refractivity contribution is 5.93. The molecule has 3 rings (SSSR count). The molecule has 0 bridgehead atoms. The van der Waals surface area contributed by atoms with E-state index in [2.05, 4.69) is 12.0 Å². The van der Waals surface area contributed by atoms with Gasteiger partial charge in [0.25, 0.3) is 0 Å². The van der Waals surface area contributed by atoms with E-state index in [1.807, 2.05) is 30.5 Å². The topological polar surface area (TPSA) is 51.3 Å². The van der Waals surface area contributed by atoms with Gasteiger partial charge >= 0.3 is 5.97 Å². The lowest BCUT2D eigenvalue weighted by Crippen LogP contribution is -2.53. The molecule has 5 heteroatoms. The smallest absolute Gasteiger partial charge is 0.330 e. The Kier molecular flexibility index (Phi) is 4.79. The summed E-state index contributed by atoms with van der Waals surface area (Å²) in [5.41, 5.74) is 2.05. The van der Waals surface area contributed by atoms with E-state index < -0.39 is 0 Å². The van der Waals surface area contributed by atoms with Crippen molar-refractivity contribution in [3.63, 3.8) is 0 Å². The highest BCUT2D eigenvalue weighted by Crippen LogP contribution is 2.18. The predicted octanol–water partition coefficient (Wildman–Crippen LogP) is 2.20.